The normalized spacial score (nSPS) is 22.8. The van der Waals surface area contributed by atoms with Crippen molar-refractivity contribution in [3.8, 4) is 0 Å². The first-order valence-electron chi connectivity index (χ1n) is 7.89. The summed E-state index contributed by atoms with van der Waals surface area (Å²) in [6, 6.07) is 1.99. The number of hydrogen-bond donors (Lipinski definition) is 1. The van der Waals surface area contributed by atoms with E-state index in [9.17, 15) is 4.79 Å². The van der Waals surface area contributed by atoms with Crippen molar-refractivity contribution in [1.82, 2.24) is 14.9 Å². The third-order valence-corrected chi connectivity index (χ3v) is 4.19. The molecule has 22 heavy (non-hydrogen) atoms. The predicted octanol–water partition coefficient (Wildman–Crippen LogP) is 0.736. The first-order valence-corrected chi connectivity index (χ1v) is 7.89. The van der Waals surface area contributed by atoms with Gasteiger partial charge in [-0.2, -0.15) is 0 Å². The highest BCUT2D eigenvalue weighted by molar-refractivity contribution is 5.77. The molecule has 1 aromatic heterocycles. The van der Waals surface area contributed by atoms with Gasteiger partial charge in [0.2, 0.25) is 5.91 Å². The molecule has 0 saturated carbocycles. The molecular formula is C15H23N5O2. The van der Waals surface area contributed by atoms with Crippen LogP contribution in [-0.2, 0) is 9.53 Å². The van der Waals surface area contributed by atoms with Gasteiger partial charge in [-0.25, -0.2) is 9.97 Å². The summed E-state index contributed by atoms with van der Waals surface area (Å²) in [6.07, 6.45) is 5.35. The highest BCUT2D eigenvalue weighted by Gasteiger charge is 2.23. The van der Waals surface area contributed by atoms with Crippen molar-refractivity contribution in [2.75, 3.05) is 50.1 Å². The van der Waals surface area contributed by atoms with Gasteiger partial charge < -0.3 is 19.9 Å². The maximum atomic E-state index is 11.4. The van der Waals surface area contributed by atoms with E-state index in [0.29, 0.717) is 13.1 Å². The predicted molar refractivity (Wildman–Crippen MR) is 84.0 cm³/mol. The molecule has 0 aliphatic carbocycles. The van der Waals surface area contributed by atoms with E-state index in [-0.39, 0.29) is 18.6 Å². The maximum absolute atomic E-state index is 11.4. The van der Waals surface area contributed by atoms with Crippen LogP contribution in [0.25, 0.3) is 0 Å². The van der Waals surface area contributed by atoms with Crippen molar-refractivity contribution >= 4 is 17.5 Å². The summed E-state index contributed by atoms with van der Waals surface area (Å²) in [6.45, 7) is 3.53. The Kier molecular flexibility index (Phi) is 4.72. The monoisotopic (exact) mass is 305 g/mol. The van der Waals surface area contributed by atoms with Crippen LogP contribution in [0, 0.1) is 0 Å². The fraction of sp³-hybridized carbons (Fsp3) is 0.667. The van der Waals surface area contributed by atoms with E-state index in [2.05, 4.69) is 20.2 Å². The molecule has 2 aliphatic rings. The number of rotatable bonds is 4. The molecule has 3 rings (SSSR count). The lowest BCUT2D eigenvalue weighted by Crippen LogP contribution is -2.46. The minimum Gasteiger partial charge on any atom is -0.367 e. The van der Waals surface area contributed by atoms with E-state index >= 15 is 0 Å². The average molecular weight is 305 g/mol. The summed E-state index contributed by atoms with van der Waals surface area (Å²) >= 11 is 0. The quantitative estimate of drug-likeness (QED) is 0.884. The van der Waals surface area contributed by atoms with Crippen molar-refractivity contribution in [2.24, 2.45) is 0 Å². The molecule has 0 radical (unpaired) electrons. The third-order valence-electron chi connectivity index (χ3n) is 4.19. The van der Waals surface area contributed by atoms with E-state index in [4.69, 9.17) is 4.74 Å². The number of amides is 1. The Bertz CT molecular complexity index is 518. The molecule has 2 saturated heterocycles. The highest BCUT2D eigenvalue weighted by Crippen LogP contribution is 2.19. The number of carbonyl (C=O) groups excluding carboxylic acids is 1. The molecule has 0 bridgehead atoms. The number of nitrogens with zero attached hydrogens (tertiary/aromatic N) is 4. The summed E-state index contributed by atoms with van der Waals surface area (Å²) < 4.78 is 5.52. The Labute approximate surface area is 130 Å². The molecule has 2 fully saturated rings. The maximum Gasteiger partial charge on any atom is 0.248 e. The lowest BCUT2D eigenvalue weighted by atomic mass is 10.1. The Balaban J connectivity index is 1.55. The van der Waals surface area contributed by atoms with Crippen LogP contribution < -0.4 is 10.2 Å². The summed E-state index contributed by atoms with van der Waals surface area (Å²) in [5.41, 5.74) is 0. The second-order valence-electron chi connectivity index (χ2n) is 5.90. The van der Waals surface area contributed by atoms with Crippen LogP contribution in [0.15, 0.2) is 12.4 Å². The van der Waals surface area contributed by atoms with Crippen molar-refractivity contribution in [3.63, 3.8) is 0 Å². The van der Waals surface area contributed by atoms with Crippen LogP contribution in [0.2, 0.25) is 0 Å². The summed E-state index contributed by atoms with van der Waals surface area (Å²) in [5.74, 6) is 1.82. The van der Waals surface area contributed by atoms with Crippen LogP contribution in [0.5, 0.6) is 0 Å². The van der Waals surface area contributed by atoms with E-state index in [1.165, 1.54) is 19.3 Å². The fourth-order valence-corrected chi connectivity index (χ4v) is 2.84. The lowest BCUT2D eigenvalue weighted by molar-refractivity contribution is -0.145. The van der Waals surface area contributed by atoms with Gasteiger partial charge in [0, 0.05) is 39.3 Å². The first kappa shape index (κ1) is 15.0. The SMILES string of the molecule is CN1CC(CNc2cc(N3CCCCC3)ncn2)OCC1=O. The van der Waals surface area contributed by atoms with Gasteiger partial charge >= 0.3 is 0 Å². The zero-order valence-electron chi connectivity index (χ0n) is 13.0. The fourth-order valence-electron chi connectivity index (χ4n) is 2.84. The molecule has 1 aromatic rings. The van der Waals surface area contributed by atoms with Gasteiger partial charge in [0.05, 0.1) is 6.10 Å². The third kappa shape index (κ3) is 3.65. The molecule has 1 atom stereocenters. The molecule has 1 amide bonds. The topological polar surface area (TPSA) is 70.6 Å². The largest absolute Gasteiger partial charge is 0.367 e. The Hall–Kier alpha value is -1.89. The first-order chi connectivity index (χ1) is 10.7. The second kappa shape index (κ2) is 6.91. The minimum absolute atomic E-state index is 0.00361. The van der Waals surface area contributed by atoms with Crippen LogP contribution in [0.4, 0.5) is 11.6 Å². The van der Waals surface area contributed by atoms with Crippen LogP contribution in [-0.4, -0.2) is 66.7 Å². The Morgan fingerprint density at radius 1 is 1.32 bits per heavy atom. The van der Waals surface area contributed by atoms with E-state index in [1.807, 2.05) is 6.07 Å². The zero-order valence-corrected chi connectivity index (χ0v) is 13.0. The van der Waals surface area contributed by atoms with Gasteiger partial charge in [0.25, 0.3) is 0 Å². The second-order valence-corrected chi connectivity index (χ2v) is 5.90. The number of aromatic nitrogens is 2. The molecule has 120 valence electrons. The summed E-state index contributed by atoms with van der Waals surface area (Å²) in [4.78, 5) is 24.0. The minimum atomic E-state index is -0.00361. The molecule has 1 N–H and O–H groups in total. The molecule has 7 nitrogen and oxygen atoms in total. The van der Waals surface area contributed by atoms with Gasteiger partial charge in [-0.15, -0.1) is 0 Å². The Morgan fingerprint density at radius 2 is 2.14 bits per heavy atom. The molecule has 0 spiro atoms. The number of ether oxygens (including phenoxy) is 1. The molecule has 0 aromatic carbocycles. The molecule has 1 unspecified atom stereocenters. The van der Waals surface area contributed by atoms with Gasteiger partial charge in [-0.05, 0) is 19.3 Å². The van der Waals surface area contributed by atoms with Crippen LogP contribution >= 0.6 is 0 Å². The summed E-state index contributed by atoms with van der Waals surface area (Å²) in [7, 11) is 1.80. The lowest BCUT2D eigenvalue weighted by Gasteiger charge is -2.30. The van der Waals surface area contributed by atoms with Crippen LogP contribution in [0.3, 0.4) is 0 Å². The number of carbonyl (C=O) groups is 1. The van der Waals surface area contributed by atoms with Crippen molar-refractivity contribution < 1.29 is 9.53 Å². The average Bonchev–Trinajstić information content (AvgIpc) is 2.57. The molecule has 3 heterocycles. The highest BCUT2D eigenvalue weighted by atomic mass is 16.5. The molecule has 7 heteroatoms. The number of morpholine rings is 1. The Morgan fingerprint density at radius 3 is 2.91 bits per heavy atom. The number of nitrogens with one attached hydrogen (secondary N) is 1. The smallest absolute Gasteiger partial charge is 0.248 e. The van der Waals surface area contributed by atoms with E-state index in [0.717, 1.165) is 24.7 Å². The van der Waals surface area contributed by atoms with Gasteiger partial charge in [0.1, 0.15) is 24.6 Å². The number of hydrogen-bond acceptors (Lipinski definition) is 6. The van der Waals surface area contributed by atoms with Crippen LogP contribution in [0.1, 0.15) is 19.3 Å². The van der Waals surface area contributed by atoms with E-state index in [1.54, 1.807) is 18.3 Å². The van der Waals surface area contributed by atoms with E-state index < -0.39 is 0 Å². The molecule has 2 aliphatic heterocycles. The van der Waals surface area contributed by atoms with Gasteiger partial charge in [0.15, 0.2) is 0 Å². The number of anilines is 2. The van der Waals surface area contributed by atoms with Gasteiger partial charge in [-0.3, -0.25) is 4.79 Å². The molecular weight excluding hydrogens is 282 g/mol. The van der Waals surface area contributed by atoms with Crippen molar-refractivity contribution in [1.29, 1.82) is 0 Å². The standard InChI is InChI=1S/C15H23N5O2/c1-19-9-12(22-10-15(19)21)8-16-13-7-14(18-11-17-13)20-5-3-2-4-6-20/h7,11-12H,2-6,8-10H2,1H3,(H,16,17,18). The summed E-state index contributed by atoms with van der Waals surface area (Å²) in [5, 5.41) is 3.29. The zero-order chi connectivity index (χ0) is 15.4. The van der Waals surface area contributed by atoms with Crippen molar-refractivity contribution in [3.05, 3.63) is 12.4 Å². The van der Waals surface area contributed by atoms with Crippen molar-refractivity contribution in [2.45, 2.75) is 25.4 Å². The number of piperidine rings is 1. The van der Waals surface area contributed by atoms with Gasteiger partial charge in [-0.1, -0.05) is 0 Å². The number of likely N-dealkylation sites (N-methyl/N-ethyl adjacent to an activating group) is 1.